The monoisotopic (exact) mass is 220 g/mol. The molecule has 3 N–H and O–H groups in total. The standard InChI is InChI=1S/C13H20N2O/c1-3-10-8-11(4-5-12(10)16-2)15-9-13(14)6-7-13/h4-5,8,15H,3,6-7,9,14H2,1-2H3. The zero-order chi connectivity index (χ0) is 11.6. The summed E-state index contributed by atoms with van der Waals surface area (Å²) in [6, 6.07) is 6.20. The second-order valence-electron chi connectivity index (χ2n) is 4.60. The summed E-state index contributed by atoms with van der Waals surface area (Å²) in [5.41, 5.74) is 8.45. The Balaban J connectivity index is 2.04. The smallest absolute Gasteiger partial charge is 0.122 e. The van der Waals surface area contributed by atoms with Gasteiger partial charge in [-0.2, -0.15) is 0 Å². The van der Waals surface area contributed by atoms with Gasteiger partial charge in [-0.1, -0.05) is 6.92 Å². The first-order valence-electron chi connectivity index (χ1n) is 5.86. The van der Waals surface area contributed by atoms with E-state index in [2.05, 4.69) is 18.3 Å². The minimum Gasteiger partial charge on any atom is -0.496 e. The molecule has 1 aliphatic rings. The molecule has 0 saturated heterocycles. The number of hydrogen-bond acceptors (Lipinski definition) is 3. The van der Waals surface area contributed by atoms with Gasteiger partial charge < -0.3 is 15.8 Å². The van der Waals surface area contributed by atoms with Gasteiger partial charge in [-0.3, -0.25) is 0 Å². The highest BCUT2D eigenvalue weighted by molar-refractivity contribution is 5.51. The molecular formula is C13H20N2O. The van der Waals surface area contributed by atoms with Crippen LogP contribution < -0.4 is 15.8 Å². The molecule has 0 aliphatic heterocycles. The number of ether oxygens (including phenoxy) is 1. The van der Waals surface area contributed by atoms with E-state index in [0.29, 0.717) is 0 Å². The molecule has 2 rings (SSSR count). The highest BCUT2D eigenvalue weighted by Crippen LogP contribution is 2.32. The molecule has 0 amide bonds. The van der Waals surface area contributed by atoms with Crippen molar-refractivity contribution < 1.29 is 4.74 Å². The second-order valence-corrected chi connectivity index (χ2v) is 4.60. The van der Waals surface area contributed by atoms with Crippen LogP contribution in [0.15, 0.2) is 18.2 Å². The fourth-order valence-electron chi connectivity index (χ4n) is 1.78. The highest BCUT2D eigenvalue weighted by Gasteiger charge is 2.37. The van der Waals surface area contributed by atoms with Crippen molar-refractivity contribution in [3.63, 3.8) is 0 Å². The molecular weight excluding hydrogens is 200 g/mol. The van der Waals surface area contributed by atoms with Crippen LogP contribution in [0.1, 0.15) is 25.3 Å². The van der Waals surface area contributed by atoms with E-state index < -0.39 is 0 Å². The molecule has 1 aromatic carbocycles. The van der Waals surface area contributed by atoms with Crippen molar-refractivity contribution >= 4 is 5.69 Å². The van der Waals surface area contributed by atoms with E-state index in [4.69, 9.17) is 10.5 Å². The van der Waals surface area contributed by atoms with Crippen molar-refractivity contribution in [2.75, 3.05) is 19.0 Å². The molecule has 1 saturated carbocycles. The molecule has 3 heteroatoms. The lowest BCUT2D eigenvalue weighted by atomic mass is 10.1. The van der Waals surface area contributed by atoms with Gasteiger partial charge in [-0.25, -0.2) is 0 Å². The van der Waals surface area contributed by atoms with E-state index in [1.807, 2.05) is 12.1 Å². The average Bonchev–Trinajstić information content (AvgIpc) is 3.05. The molecule has 1 aromatic rings. The van der Waals surface area contributed by atoms with Gasteiger partial charge in [-0.15, -0.1) is 0 Å². The molecule has 0 heterocycles. The van der Waals surface area contributed by atoms with Crippen LogP contribution in [0.4, 0.5) is 5.69 Å². The molecule has 0 bridgehead atoms. The van der Waals surface area contributed by atoms with Gasteiger partial charge in [0.1, 0.15) is 5.75 Å². The van der Waals surface area contributed by atoms with E-state index in [-0.39, 0.29) is 5.54 Å². The maximum atomic E-state index is 6.03. The first kappa shape index (κ1) is 11.3. The number of aryl methyl sites for hydroxylation is 1. The Labute approximate surface area is 97.0 Å². The summed E-state index contributed by atoms with van der Waals surface area (Å²) in [5.74, 6) is 0.960. The van der Waals surface area contributed by atoms with Gasteiger partial charge in [0.15, 0.2) is 0 Å². The van der Waals surface area contributed by atoms with Crippen LogP contribution in [0.3, 0.4) is 0 Å². The van der Waals surface area contributed by atoms with E-state index in [0.717, 1.165) is 37.2 Å². The van der Waals surface area contributed by atoms with Crippen molar-refractivity contribution in [3.8, 4) is 5.75 Å². The van der Waals surface area contributed by atoms with Gasteiger partial charge in [0.05, 0.1) is 7.11 Å². The summed E-state index contributed by atoms with van der Waals surface area (Å²) in [7, 11) is 1.71. The fraction of sp³-hybridized carbons (Fsp3) is 0.538. The van der Waals surface area contributed by atoms with Gasteiger partial charge in [-0.05, 0) is 43.0 Å². The zero-order valence-electron chi connectivity index (χ0n) is 10.0. The molecule has 88 valence electrons. The van der Waals surface area contributed by atoms with E-state index in [1.54, 1.807) is 7.11 Å². The van der Waals surface area contributed by atoms with Crippen LogP contribution in [0.25, 0.3) is 0 Å². The number of anilines is 1. The van der Waals surface area contributed by atoms with Gasteiger partial charge in [0, 0.05) is 17.8 Å². The Bertz CT molecular complexity index is 372. The fourth-order valence-corrected chi connectivity index (χ4v) is 1.78. The minimum absolute atomic E-state index is 0.0479. The van der Waals surface area contributed by atoms with Crippen LogP contribution in [0, 0.1) is 0 Å². The average molecular weight is 220 g/mol. The second kappa shape index (κ2) is 4.34. The normalized spacial score (nSPS) is 16.9. The highest BCUT2D eigenvalue weighted by atomic mass is 16.5. The molecule has 1 aliphatic carbocycles. The van der Waals surface area contributed by atoms with Crippen molar-refractivity contribution in [3.05, 3.63) is 23.8 Å². The molecule has 16 heavy (non-hydrogen) atoms. The van der Waals surface area contributed by atoms with Gasteiger partial charge in [0.25, 0.3) is 0 Å². The Morgan fingerprint density at radius 1 is 1.44 bits per heavy atom. The van der Waals surface area contributed by atoms with Crippen LogP contribution in [-0.2, 0) is 6.42 Å². The SMILES string of the molecule is CCc1cc(NCC2(N)CC2)ccc1OC. The Morgan fingerprint density at radius 3 is 2.75 bits per heavy atom. The summed E-state index contributed by atoms with van der Waals surface area (Å²) >= 11 is 0. The summed E-state index contributed by atoms with van der Waals surface area (Å²) < 4.78 is 5.30. The van der Waals surface area contributed by atoms with Crippen LogP contribution in [0.5, 0.6) is 5.75 Å². The molecule has 1 fully saturated rings. The predicted molar refractivity (Wildman–Crippen MR) is 67.0 cm³/mol. The number of rotatable bonds is 5. The lowest BCUT2D eigenvalue weighted by molar-refractivity contribution is 0.410. The van der Waals surface area contributed by atoms with Gasteiger partial charge in [0.2, 0.25) is 0 Å². The van der Waals surface area contributed by atoms with Crippen molar-refractivity contribution in [1.29, 1.82) is 0 Å². The largest absolute Gasteiger partial charge is 0.496 e. The quantitative estimate of drug-likeness (QED) is 0.799. The number of benzene rings is 1. The Morgan fingerprint density at radius 2 is 2.19 bits per heavy atom. The van der Waals surface area contributed by atoms with E-state index in [9.17, 15) is 0 Å². The molecule has 0 unspecified atom stereocenters. The lowest BCUT2D eigenvalue weighted by Crippen LogP contribution is -2.31. The predicted octanol–water partition coefficient (Wildman–Crippen LogP) is 2.16. The number of nitrogens with two attached hydrogens (primary N) is 1. The topological polar surface area (TPSA) is 47.3 Å². The van der Waals surface area contributed by atoms with Crippen LogP contribution in [-0.4, -0.2) is 19.2 Å². The third-order valence-electron chi connectivity index (χ3n) is 3.20. The summed E-state index contributed by atoms with van der Waals surface area (Å²) in [6.07, 6.45) is 3.25. The van der Waals surface area contributed by atoms with Crippen LogP contribution >= 0.6 is 0 Å². The van der Waals surface area contributed by atoms with E-state index >= 15 is 0 Å². The van der Waals surface area contributed by atoms with Crippen molar-refractivity contribution in [2.45, 2.75) is 31.7 Å². The molecule has 0 atom stereocenters. The summed E-state index contributed by atoms with van der Waals surface area (Å²) in [6.45, 7) is 3.00. The maximum Gasteiger partial charge on any atom is 0.122 e. The molecule has 0 aromatic heterocycles. The van der Waals surface area contributed by atoms with Crippen molar-refractivity contribution in [2.24, 2.45) is 5.73 Å². The number of methoxy groups -OCH3 is 1. The zero-order valence-corrected chi connectivity index (χ0v) is 10.0. The first-order chi connectivity index (χ1) is 7.67. The van der Waals surface area contributed by atoms with Crippen molar-refractivity contribution in [1.82, 2.24) is 0 Å². The molecule has 0 radical (unpaired) electrons. The molecule has 3 nitrogen and oxygen atoms in total. The summed E-state index contributed by atoms with van der Waals surface area (Å²) in [4.78, 5) is 0. The summed E-state index contributed by atoms with van der Waals surface area (Å²) in [5, 5.41) is 3.39. The molecule has 0 spiro atoms. The lowest BCUT2D eigenvalue weighted by Gasteiger charge is -2.14. The van der Waals surface area contributed by atoms with E-state index in [1.165, 1.54) is 5.56 Å². The number of hydrogen-bond donors (Lipinski definition) is 2. The third kappa shape index (κ3) is 2.47. The first-order valence-corrected chi connectivity index (χ1v) is 5.86. The Hall–Kier alpha value is -1.22. The third-order valence-corrected chi connectivity index (χ3v) is 3.20. The minimum atomic E-state index is 0.0479. The Kier molecular flexibility index (Phi) is 3.06. The maximum absolute atomic E-state index is 6.03. The van der Waals surface area contributed by atoms with Crippen LogP contribution in [0.2, 0.25) is 0 Å². The number of nitrogens with one attached hydrogen (secondary N) is 1. The van der Waals surface area contributed by atoms with Gasteiger partial charge >= 0.3 is 0 Å².